The maximum atomic E-state index is 12.9. The van der Waals surface area contributed by atoms with Crippen molar-refractivity contribution >= 4 is 11.9 Å². The summed E-state index contributed by atoms with van der Waals surface area (Å²) in [6.45, 7) is 7.01. The van der Waals surface area contributed by atoms with E-state index in [1.807, 2.05) is 55.5 Å². The molecule has 0 N–H and O–H groups in total. The first-order valence-electron chi connectivity index (χ1n) is 10.4. The summed E-state index contributed by atoms with van der Waals surface area (Å²) < 4.78 is 50.4. The topological polar surface area (TPSA) is 34.6 Å². The van der Waals surface area contributed by atoms with Crippen LogP contribution in [0.15, 0.2) is 71.9 Å². The fourth-order valence-electron chi connectivity index (χ4n) is 3.48. The minimum Gasteiger partial charge on any atom is -0.405 e. The molecule has 2 aromatic carbocycles. The predicted molar refractivity (Wildman–Crippen MR) is 125 cm³/mol. The number of ether oxygens (including phenoxy) is 2. The van der Waals surface area contributed by atoms with Gasteiger partial charge in [0.25, 0.3) is 0 Å². The molecule has 0 aliphatic heterocycles. The Morgan fingerprint density at radius 1 is 1.03 bits per heavy atom. The number of hydrogen-bond acceptors (Lipinski definition) is 5. The number of para-hydroxylation sites is 1. The average Bonchev–Trinajstić information content (AvgIpc) is 2.77. The van der Waals surface area contributed by atoms with Gasteiger partial charge in [0.1, 0.15) is 5.75 Å². The van der Waals surface area contributed by atoms with Gasteiger partial charge in [-0.2, -0.15) is 0 Å². The van der Waals surface area contributed by atoms with Gasteiger partial charge in [-0.25, -0.2) is 4.31 Å². The highest BCUT2D eigenvalue weighted by Gasteiger charge is 2.34. The van der Waals surface area contributed by atoms with Gasteiger partial charge in [0, 0.05) is 26.0 Å². The molecule has 0 unspecified atom stereocenters. The van der Waals surface area contributed by atoms with Crippen molar-refractivity contribution in [3.05, 3.63) is 78.1 Å². The first-order valence-corrected chi connectivity index (χ1v) is 11.2. The lowest BCUT2D eigenvalue weighted by atomic mass is 9.90. The lowest BCUT2D eigenvalue weighted by Crippen LogP contribution is -2.38. The maximum Gasteiger partial charge on any atom is 0.573 e. The molecule has 0 aliphatic carbocycles. The summed E-state index contributed by atoms with van der Waals surface area (Å²) in [5.74, 6) is -0.227. The number of alkyl halides is 3. The third-order valence-electron chi connectivity index (χ3n) is 5.31. The molecule has 0 atom stereocenters. The Morgan fingerprint density at radius 2 is 1.79 bits per heavy atom. The van der Waals surface area contributed by atoms with E-state index >= 15 is 0 Å². The molecule has 4 nitrogen and oxygen atoms in total. The molecule has 1 aromatic heterocycles. The molecular formula is C25H27F3N2O2S. The van der Waals surface area contributed by atoms with Crippen molar-refractivity contribution in [1.82, 2.24) is 9.29 Å². The molecule has 0 saturated carbocycles. The molecule has 8 heteroatoms. The zero-order valence-corrected chi connectivity index (χ0v) is 19.8. The molecular weight excluding hydrogens is 449 g/mol. The fraction of sp³-hybridized carbons (Fsp3) is 0.320. The fourth-order valence-corrected chi connectivity index (χ4v) is 4.55. The van der Waals surface area contributed by atoms with Crippen LogP contribution in [0.1, 0.15) is 25.0 Å². The second-order valence-corrected chi connectivity index (χ2v) is 9.07. The van der Waals surface area contributed by atoms with Gasteiger partial charge in [0.15, 0.2) is 0 Å². The summed E-state index contributed by atoms with van der Waals surface area (Å²) in [5.41, 5.74) is 3.69. The number of aryl methyl sites for hydroxylation is 1. The number of benzene rings is 2. The number of hydrogen-bond donors (Lipinski definition) is 0. The van der Waals surface area contributed by atoms with E-state index < -0.39 is 11.9 Å². The Balaban J connectivity index is 1.96. The normalized spacial score (nSPS) is 12.2. The second-order valence-electron chi connectivity index (χ2n) is 8.01. The highest BCUT2D eigenvalue weighted by molar-refractivity contribution is 7.97. The number of aromatic nitrogens is 1. The molecule has 0 bridgehead atoms. The molecule has 3 rings (SSSR count). The minimum atomic E-state index is -4.76. The highest BCUT2D eigenvalue weighted by atomic mass is 32.2. The summed E-state index contributed by atoms with van der Waals surface area (Å²) in [5, 5.41) is 0. The molecule has 176 valence electrons. The van der Waals surface area contributed by atoms with Crippen molar-refractivity contribution < 1.29 is 22.6 Å². The molecule has 3 aromatic rings. The van der Waals surface area contributed by atoms with Crippen LogP contribution in [-0.2, 0) is 10.3 Å². The van der Waals surface area contributed by atoms with Crippen molar-refractivity contribution in [2.45, 2.75) is 37.6 Å². The summed E-state index contributed by atoms with van der Waals surface area (Å²) in [6.07, 6.45) is -1.18. The molecule has 0 radical (unpaired) electrons. The first kappa shape index (κ1) is 25.1. The van der Waals surface area contributed by atoms with E-state index in [2.05, 4.69) is 15.8 Å². The molecule has 0 aliphatic rings. The number of rotatable bonds is 9. The van der Waals surface area contributed by atoms with Crippen molar-refractivity contribution in [1.29, 1.82) is 0 Å². The first-order chi connectivity index (χ1) is 15.6. The lowest BCUT2D eigenvalue weighted by Gasteiger charge is -2.38. The van der Waals surface area contributed by atoms with Gasteiger partial charge in [0.2, 0.25) is 0 Å². The quantitative estimate of drug-likeness (QED) is 0.316. The van der Waals surface area contributed by atoms with E-state index in [-0.39, 0.29) is 5.75 Å². The summed E-state index contributed by atoms with van der Waals surface area (Å²) in [6, 6.07) is 16.3. The van der Waals surface area contributed by atoms with Gasteiger partial charge in [-0.3, -0.25) is 4.98 Å². The summed E-state index contributed by atoms with van der Waals surface area (Å²) >= 11 is 1.22. The Labute approximate surface area is 196 Å². The van der Waals surface area contributed by atoms with Crippen LogP contribution >= 0.6 is 11.9 Å². The third kappa shape index (κ3) is 6.50. The Hall–Kier alpha value is -2.55. The van der Waals surface area contributed by atoms with Crippen LogP contribution in [0.2, 0.25) is 0 Å². The molecule has 0 amide bonds. The zero-order valence-electron chi connectivity index (χ0n) is 19.0. The van der Waals surface area contributed by atoms with E-state index in [1.165, 1.54) is 24.1 Å². The standard InChI is InChI=1S/C25H27F3N2O2S/c1-18-17-29-13-12-21(18)19-8-7-9-20(16-19)24(2,3)30(14-15-31-4)33-23-11-6-5-10-22(23)32-25(26,27)28/h5-13,16-17H,14-15H2,1-4H3. The van der Waals surface area contributed by atoms with Crippen LogP contribution in [0.25, 0.3) is 11.1 Å². The van der Waals surface area contributed by atoms with E-state index in [1.54, 1.807) is 25.4 Å². The van der Waals surface area contributed by atoms with Gasteiger partial charge in [-0.1, -0.05) is 30.3 Å². The second kappa shape index (κ2) is 10.6. The van der Waals surface area contributed by atoms with Crippen molar-refractivity contribution in [3.63, 3.8) is 0 Å². The van der Waals surface area contributed by atoms with Gasteiger partial charge >= 0.3 is 6.36 Å². The Morgan fingerprint density at radius 3 is 2.48 bits per heavy atom. The summed E-state index contributed by atoms with van der Waals surface area (Å²) in [7, 11) is 1.60. The van der Waals surface area contributed by atoms with Crippen molar-refractivity contribution in [2.24, 2.45) is 0 Å². The zero-order chi connectivity index (χ0) is 24.1. The monoisotopic (exact) mass is 476 g/mol. The molecule has 0 spiro atoms. The van der Waals surface area contributed by atoms with Crippen molar-refractivity contribution in [3.8, 4) is 16.9 Å². The summed E-state index contributed by atoms with van der Waals surface area (Å²) in [4.78, 5) is 4.54. The lowest BCUT2D eigenvalue weighted by molar-refractivity contribution is -0.275. The van der Waals surface area contributed by atoms with Gasteiger partial charge in [0.05, 0.1) is 17.0 Å². The number of halogens is 3. The number of nitrogens with zero attached hydrogens (tertiary/aromatic N) is 2. The number of methoxy groups -OCH3 is 1. The smallest absolute Gasteiger partial charge is 0.405 e. The van der Waals surface area contributed by atoms with Crippen LogP contribution in [0.4, 0.5) is 13.2 Å². The molecule has 33 heavy (non-hydrogen) atoms. The Bertz CT molecular complexity index is 1070. The van der Waals surface area contributed by atoms with E-state index in [4.69, 9.17) is 4.74 Å². The van der Waals surface area contributed by atoms with E-state index in [0.717, 1.165) is 22.3 Å². The third-order valence-corrected chi connectivity index (χ3v) is 6.70. The van der Waals surface area contributed by atoms with Gasteiger partial charge in [-0.05, 0) is 79.2 Å². The Kier molecular flexibility index (Phi) is 8.05. The van der Waals surface area contributed by atoms with Crippen LogP contribution in [0.5, 0.6) is 5.75 Å². The SMILES string of the molecule is COCCN(Sc1ccccc1OC(F)(F)F)C(C)(C)c1cccc(-c2ccncc2C)c1. The van der Waals surface area contributed by atoms with Crippen molar-refractivity contribution in [2.75, 3.05) is 20.3 Å². The number of pyridine rings is 1. The van der Waals surface area contributed by atoms with Gasteiger partial charge in [-0.15, -0.1) is 13.2 Å². The minimum absolute atomic E-state index is 0.227. The predicted octanol–water partition coefficient (Wildman–Crippen LogP) is 6.85. The molecule has 1 heterocycles. The van der Waals surface area contributed by atoms with E-state index in [0.29, 0.717) is 18.0 Å². The van der Waals surface area contributed by atoms with Gasteiger partial charge < -0.3 is 9.47 Å². The van der Waals surface area contributed by atoms with Crippen LogP contribution in [0, 0.1) is 6.92 Å². The van der Waals surface area contributed by atoms with Crippen LogP contribution in [0.3, 0.4) is 0 Å². The van der Waals surface area contributed by atoms with Crippen LogP contribution in [-0.4, -0.2) is 35.9 Å². The highest BCUT2D eigenvalue weighted by Crippen LogP contribution is 2.42. The molecule has 0 fully saturated rings. The average molecular weight is 477 g/mol. The van der Waals surface area contributed by atoms with Crippen LogP contribution < -0.4 is 4.74 Å². The molecule has 0 saturated heterocycles. The largest absolute Gasteiger partial charge is 0.573 e. The maximum absolute atomic E-state index is 12.9. The van der Waals surface area contributed by atoms with E-state index in [9.17, 15) is 13.2 Å².